The third-order valence-corrected chi connectivity index (χ3v) is 4.51. The van der Waals surface area contributed by atoms with Crippen molar-refractivity contribution >= 4 is 12.1 Å². The maximum atomic E-state index is 12.1. The predicted molar refractivity (Wildman–Crippen MR) is 111 cm³/mol. The zero-order chi connectivity index (χ0) is 21.3. The average Bonchev–Trinajstić information content (AvgIpc) is 2.54. The van der Waals surface area contributed by atoms with Crippen molar-refractivity contribution in [3.8, 4) is 16.9 Å². The van der Waals surface area contributed by atoms with Gasteiger partial charge in [0.1, 0.15) is 17.5 Å². The highest BCUT2D eigenvalue weighted by Gasteiger charge is 2.35. The number of ether oxygens (including phenoxy) is 2. The van der Waals surface area contributed by atoms with Crippen LogP contribution in [-0.2, 0) is 4.74 Å². The van der Waals surface area contributed by atoms with Gasteiger partial charge in [-0.3, -0.25) is 0 Å². The van der Waals surface area contributed by atoms with Gasteiger partial charge >= 0.3 is 12.1 Å². The van der Waals surface area contributed by atoms with E-state index in [1.807, 2.05) is 52.8 Å². The minimum atomic E-state index is -1.01. The number of rotatable bonds is 4. The van der Waals surface area contributed by atoms with E-state index >= 15 is 0 Å². The van der Waals surface area contributed by atoms with Gasteiger partial charge in [0, 0.05) is 0 Å². The molecule has 0 spiro atoms. The molecule has 0 radical (unpaired) electrons. The van der Waals surface area contributed by atoms with Gasteiger partial charge < -0.3 is 19.5 Å². The maximum absolute atomic E-state index is 12.1. The number of carboxylic acid groups (broad SMARTS) is 1. The topological polar surface area (TPSA) is 76.1 Å². The van der Waals surface area contributed by atoms with E-state index in [4.69, 9.17) is 9.47 Å². The fourth-order valence-corrected chi connectivity index (χ4v) is 3.28. The first-order valence-electron chi connectivity index (χ1n) is 9.62. The zero-order valence-electron chi connectivity index (χ0n) is 17.5. The first kappa shape index (κ1) is 20.7. The van der Waals surface area contributed by atoms with Crippen molar-refractivity contribution in [2.45, 2.75) is 46.3 Å². The van der Waals surface area contributed by atoms with Crippen molar-refractivity contribution in [1.82, 2.24) is 4.90 Å². The van der Waals surface area contributed by atoms with Crippen LogP contribution >= 0.6 is 0 Å². The van der Waals surface area contributed by atoms with Gasteiger partial charge in [0.25, 0.3) is 0 Å². The van der Waals surface area contributed by atoms with E-state index in [1.165, 1.54) is 6.07 Å². The van der Waals surface area contributed by atoms with Gasteiger partial charge in [-0.05, 0) is 63.9 Å². The molecular weight excluding hydrogens is 370 g/mol. The first-order valence-corrected chi connectivity index (χ1v) is 9.62. The van der Waals surface area contributed by atoms with Crippen LogP contribution in [0.3, 0.4) is 0 Å². The van der Waals surface area contributed by atoms with Crippen LogP contribution in [0, 0.1) is 13.8 Å². The molecule has 154 valence electrons. The number of carboxylic acids is 1. The molecule has 6 nitrogen and oxygen atoms in total. The molecule has 29 heavy (non-hydrogen) atoms. The number of amides is 1. The van der Waals surface area contributed by atoms with Crippen LogP contribution in [0.1, 0.15) is 42.3 Å². The summed E-state index contributed by atoms with van der Waals surface area (Å²) in [6, 6.07) is 11.1. The molecule has 0 bridgehead atoms. The van der Waals surface area contributed by atoms with Crippen molar-refractivity contribution in [3.63, 3.8) is 0 Å². The highest BCUT2D eigenvalue weighted by Crippen LogP contribution is 2.29. The molecule has 0 aromatic heterocycles. The fraction of sp³-hybridized carbons (Fsp3) is 0.391. The van der Waals surface area contributed by atoms with Crippen molar-refractivity contribution in [2.24, 2.45) is 0 Å². The molecule has 2 aromatic carbocycles. The number of carbonyl (C=O) groups is 2. The van der Waals surface area contributed by atoms with E-state index in [0.717, 1.165) is 22.3 Å². The summed E-state index contributed by atoms with van der Waals surface area (Å²) in [4.78, 5) is 25.2. The lowest BCUT2D eigenvalue weighted by atomic mass is 9.98. The van der Waals surface area contributed by atoms with Crippen molar-refractivity contribution in [2.75, 3.05) is 13.1 Å². The summed E-state index contributed by atoms with van der Waals surface area (Å²) < 4.78 is 11.3. The minimum Gasteiger partial charge on any atom is -0.487 e. The van der Waals surface area contributed by atoms with E-state index < -0.39 is 11.6 Å². The largest absolute Gasteiger partial charge is 0.487 e. The number of aromatic carboxylic acids is 1. The summed E-state index contributed by atoms with van der Waals surface area (Å²) in [6.07, 6.45) is -0.564. The number of benzene rings is 2. The van der Waals surface area contributed by atoms with E-state index in [-0.39, 0.29) is 17.8 Å². The smallest absolute Gasteiger partial charge is 0.410 e. The second-order valence-corrected chi connectivity index (χ2v) is 8.55. The Hall–Kier alpha value is -3.02. The number of nitrogens with zero attached hydrogens (tertiary/aromatic N) is 1. The van der Waals surface area contributed by atoms with Crippen LogP contribution in [0.25, 0.3) is 11.1 Å². The second-order valence-electron chi connectivity index (χ2n) is 8.55. The summed E-state index contributed by atoms with van der Waals surface area (Å²) in [5, 5.41) is 9.49. The van der Waals surface area contributed by atoms with Crippen LogP contribution in [0.15, 0.2) is 36.4 Å². The van der Waals surface area contributed by atoms with E-state index in [0.29, 0.717) is 18.8 Å². The average molecular weight is 397 g/mol. The predicted octanol–water partition coefficient (Wildman–Crippen LogP) is 4.67. The van der Waals surface area contributed by atoms with Gasteiger partial charge in [-0.15, -0.1) is 0 Å². The highest BCUT2D eigenvalue weighted by atomic mass is 16.6. The Morgan fingerprint density at radius 3 is 2.10 bits per heavy atom. The Kier molecular flexibility index (Phi) is 5.55. The van der Waals surface area contributed by atoms with E-state index in [9.17, 15) is 14.7 Å². The van der Waals surface area contributed by atoms with Crippen LogP contribution < -0.4 is 4.74 Å². The van der Waals surface area contributed by atoms with Gasteiger partial charge in [-0.2, -0.15) is 0 Å². The number of aryl methyl sites for hydroxylation is 2. The molecule has 6 heteroatoms. The lowest BCUT2D eigenvalue weighted by molar-refractivity contribution is -0.0221. The highest BCUT2D eigenvalue weighted by molar-refractivity contribution is 5.90. The van der Waals surface area contributed by atoms with Gasteiger partial charge in [-0.25, -0.2) is 9.59 Å². The molecule has 3 rings (SSSR count). The molecule has 0 saturated carbocycles. The van der Waals surface area contributed by atoms with Gasteiger partial charge in [-0.1, -0.05) is 29.3 Å². The Balaban J connectivity index is 1.76. The fourth-order valence-electron chi connectivity index (χ4n) is 3.28. The third-order valence-electron chi connectivity index (χ3n) is 4.51. The molecule has 1 heterocycles. The van der Waals surface area contributed by atoms with Crippen LogP contribution in [0.5, 0.6) is 5.75 Å². The lowest BCUT2D eigenvalue weighted by Crippen LogP contribution is -2.57. The zero-order valence-corrected chi connectivity index (χ0v) is 17.5. The molecular formula is C23H27NO5. The molecule has 1 saturated heterocycles. The summed E-state index contributed by atoms with van der Waals surface area (Å²) in [5.74, 6) is -0.530. The van der Waals surface area contributed by atoms with Gasteiger partial charge in [0.2, 0.25) is 0 Å². The molecule has 1 amide bonds. The van der Waals surface area contributed by atoms with Gasteiger partial charge in [0.15, 0.2) is 0 Å². The molecule has 1 N–H and O–H groups in total. The number of carbonyl (C=O) groups excluding carboxylic acids is 1. The van der Waals surface area contributed by atoms with Gasteiger partial charge in [0.05, 0.1) is 18.7 Å². The number of hydrogen-bond donors (Lipinski definition) is 1. The van der Waals surface area contributed by atoms with Crippen molar-refractivity contribution in [3.05, 3.63) is 53.1 Å². The van der Waals surface area contributed by atoms with Crippen molar-refractivity contribution in [1.29, 1.82) is 0 Å². The quantitative estimate of drug-likeness (QED) is 0.812. The maximum Gasteiger partial charge on any atom is 0.410 e. The number of hydrogen-bond acceptors (Lipinski definition) is 4. The Morgan fingerprint density at radius 2 is 1.55 bits per heavy atom. The molecule has 1 aliphatic heterocycles. The minimum absolute atomic E-state index is 0.167. The second kappa shape index (κ2) is 7.78. The Morgan fingerprint density at radius 1 is 0.966 bits per heavy atom. The van der Waals surface area contributed by atoms with Crippen molar-refractivity contribution < 1.29 is 24.2 Å². The van der Waals surface area contributed by atoms with Crippen LogP contribution in [-0.4, -0.2) is 46.9 Å². The normalized spacial score (nSPS) is 14.3. The molecule has 0 unspecified atom stereocenters. The molecule has 1 fully saturated rings. The summed E-state index contributed by atoms with van der Waals surface area (Å²) in [7, 11) is 0. The summed E-state index contributed by atoms with van der Waals surface area (Å²) in [5.41, 5.74) is 3.57. The molecule has 0 atom stereocenters. The van der Waals surface area contributed by atoms with E-state index in [2.05, 4.69) is 6.07 Å². The van der Waals surface area contributed by atoms with Crippen LogP contribution in [0.2, 0.25) is 0 Å². The SMILES string of the molecule is Cc1cc(C)cc(-c2cc(OC3CN(C(=O)OC(C)(C)C)C3)cc(C(=O)O)c2)c1. The van der Waals surface area contributed by atoms with Crippen LogP contribution in [0.4, 0.5) is 4.79 Å². The molecule has 0 aliphatic carbocycles. The molecule has 2 aromatic rings. The molecule has 1 aliphatic rings. The summed E-state index contributed by atoms with van der Waals surface area (Å²) >= 11 is 0. The Bertz CT molecular complexity index is 919. The van der Waals surface area contributed by atoms with E-state index in [1.54, 1.807) is 11.0 Å². The lowest BCUT2D eigenvalue weighted by Gasteiger charge is -2.39. The standard InChI is InChI=1S/C23H27NO5/c1-14-6-15(2)8-16(7-14)17-9-18(21(25)26)11-19(10-17)28-20-12-24(13-20)22(27)29-23(3,4)5/h6-11,20H,12-13H2,1-5H3,(H,25,26). The first-order chi connectivity index (χ1) is 13.5. The Labute approximate surface area is 171 Å². The summed E-state index contributed by atoms with van der Waals surface area (Å²) in [6.45, 7) is 10.3. The monoisotopic (exact) mass is 397 g/mol. The number of likely N-dealkylation sites (tertiary alicyclic amines) is 1. The third kappa shape index (κ3) is 5.28.